The van der Waals surface area contributed by atoms with E-state index in [4.69, 9.17) is 17.3 Å². The molecule has 0 saturated heterocycles. The van der Waals surface area contributed by atoms with Gasteiger partial charge in [0.05, 0.1) is 15.6 Å². The maximum atomic E-state index is 11.9. The van der Waals surface area contributed by atoms with Gasteiger partial charge in [-0.3, -0.25) is 14.9 Å². The lowest BCUT2D eigenvalue weighted by molar-refractivity contribution is -0.384. The van der Waals surface area contributed by atoms with E-state index in [-0.39, 0.29) is 22.3 Å². The molecule has 0 aliphatic rings. The molecule has 7 heteroatoms. The van der Waals surface area contributed by atoms with Crippen LogP contribution >= 0.6 is 11.6 Å². The molecular weight excluding hydrogens is 294 g/mol. The molecule has 0 aliphatic carbocycles. The minimum Gasteiger partial charge on any atom is -0.330 e. The van der Waals surface area contributed by atoms with E-state index in [9.17, 15) is 14.9 Å². The minimum absolute atomic E-state index is 0.107. The van der Waals surface area contributed by atoms with Crippen LogP contribution in [0.1, 0.15) is 32.6 Å². The summed E-state index contributed by atoms with van der Waals surface area (Å²) < 4.78 is 0. The Morgan fingerprint density at radius 1 is 1.48 bits per heavy atom. The van der Waals surface area contributed by atoms with Crippen molar-refractivity contribution in [2.45, 2.75) is 32.6 Å². The van der Waals surface area contributed by atoms with Crippen molar-refractivity contribution in [1.82, 2.24) is 0 Å². The highest BCUT2D eigenvalue weighted by atomic mass is 35.5. The first-order valence-electron chi connectivity index (χ1n) is 6.91. The van der Waals surface area contributed by atoms with Gasteiger partial charge in [0.15, 0.2) is 0 Å². The first-order valence-corrected chi connectivity index (χ1v) is 7.29. The Kier molecular flexibility index (Phi) is 7.11. The molecule has 1 aromatic rings. The fraction of sp³-hybridized carbons (Fsp3) is 0.500. The van der Waals surface area contributed by atoms with Crippen molar-refractivity contribution in [2.75, 3.05) is 11.9 Å². The van der Waals surface area contributed by atoms with Gasteiger partial charge in [0, 0.05) is 18.6 Å². The van der Waals surface area contributed by atoms with Crippen molar-refractivity contribution in [3.63, 3.8) is 0 Å². The fourth-order valence-corrected chi connectivity index (χ4v) is 2.22. The molecule has 0 radical (unpaired) electrons. The molecular formula is C14H20ClN3O3. The number of anilines is 1. The van der Waals surface area contributed by atoms with Gasteiger partial charge in [-0.1, -0.05) is 24.9 Å². The van der Waals surface area contributed by atoms with E-state index in [2.05, 4.69) is 12.2 Å². The highest BCUT2D eigenvalue weighted by molar-refractivity contribution is 6.33. The standard InChI is InChI=1S/C14H20ClN3O3/c1-2-10(7-8-16)3-6-14(19)17-13-9-11(18(20)21)4-5-12(13)15/h4-5,9-10H,2-3,6-8,16H2,1H3,(H,17,19). The van der Waals surface area contributed by atoms with Gasteiger partial charge >= 0.3 is 0 Å². The summed E-state index contributed by atoms with van der Waals surface area (Å²) in [4.78, 5) is 22.1. The van der Waals surface area contributed by atoms with E-state index >= 15 is 0 Å². The van der Waals surface area contributed by atoms with Crippen LogP contribution in [-0.4, -0.2) is 17.4 Å². The lowest BCUT2D eigenvalue weighted by Crippen LogP contribution is -2.15. The molecule has 1 rings (SSSR count). The molecule has 0 bridgehead atoms. The number of hydrogen-bond acceptors (Lipinski definition) is 4. The van der Waals surface area contributed by atoms with E-state index in [0.29, 0.717) is 18.9 Å². The minimum atomic E-state index is -0.527. The lowest BCUT2D eigenvalue weighted by atomic mass is 9.96. The first-order chi connectivity index (χ1) is 9.97. The molecule has 3 N–H and O–H groups in total. The highest BCUT2D eigenvalue weighted by Gasteiger charge is 2.13. The van der Waals surface area contributed by atoms with E-state index in [1.165, 1.54) is 18.2 Å². The van der Waals surface area contributed by atoms with Crippen LogP contribution < -0.4 is 11.1 Å². The quantitative estimate of drug-likeness (QED) is 0.568. The fourth-order valence-electron chi connectivity index (χ4n) is 2.06. The summed E-state index contributed by atoms with van der Waals surface area (Å²) in [6.07, 6.45) is 2.95. The van der Waals surface area contributed by atoms with E-state index in [1.54, 1.807) is 0 Å². The number of nitrogens with zero attached hydrogens (tertiary/aromatic N) is 1. The molecule has 0 fully saturated rings. The average Bonchev–Trinajstić information content (AvgIpc) is 2.45. The average molecular weight is 314 g/mol. The molecule has 21 heavy (non-hydrogen) atoms. The Hall–Kier alpha value is -1.66. The Balaban J connectivity index is 2.62. The van der Waals surface area contributed by atoms with Gasteiger partial charge in [0.1, 0.15) is 0 Å². The summed E-state index contributed by atoms with van der Waals surface area (Å²) in [6, 6.07) is 3.96. The number of rotatable bonds is 8. The summed E-state index contributed by atoms with van der Waals surface area (Å²) in [7, 11) is 0. The van der Waals surface area contributed by atoms with Crippen LogP contribution in [0.3, 0.4) is 0 Å². The smallest absolute Gasteiger partial charge is 0.271 e. The number of carbonyl (C=O) groups excluding carboxylic acids is 1. The molecule has 0 spiro atoms. The van der Waals surface area contributed by atoms with Gasteiger partial charge in [-0.25, -0.2) is 0 Å². The van der Waals surface area contributed by atoms with Gasteiger partial charge < -0.3 is 11.1 Å². The molecule has 1 aromatic carbocycles. The molecule has 0 heterocycles. The number of halogens is 1. The van der Waals surface area contributed by atoms with Crippen LogP contribution in [-0.2, 0) is 4.79 Å². The highest BCUT2D eigenvalue weighted by Crippen LogP contribution is 2.27. The van der Waals surface area contributed by atoms with Crippen LogP contribution in [0.5, 0.6) is 0 Å². The van der Waals surface area contributed by atoms with Crippen molar-refractivity contribution in [3.05, 3.63) is 33.3 Å². The second-order valence-electron chi connectivity index (χ2n) is 4.86. The molecule has 6 nitrogen and oxygen atoms in total. The van der Waals surface area contributed by atoms with Crippen LogP contribution in [0, 0.1) is 16.0 Å². The van der Waals surface area contributed by atoms with Crippen LogP contribution in [0.15, 0.2) is 18.2 Å². The lowest BCUT2D eigenvalue weighted by Gasteiger charge is -2.13. The number of nitro groups is 1. The Labute approximate surface area is 128 Å². The summed E-state index contributed by atoms with van der Waals surface area (Å²) >= 11 is 5.93. The Morgan fingerprint density at radius 2 is 2.19 bits per heavy atom. The monoisotopic (exact) mass is 313 g/mol. The van der Waals surface area contributed by atoms with Gasteiger partial charge in [-0.15, -0.1) is 0 Å². The first kappa shape index (κ1) is 17.4. The number of nitro benzene ring substituents is 1. The van der Waals surface area contributed by atoms with Gasteiger partial charge in [-0.05, 0) is 31.4 Å². The predicted molar refractivity (Wildman–Crippen MR) is 83.4 cm³/mol. The zero-order valence-electron chi connectivity index (χ0n) is 12.0. The second kappa shape index (κ2) is 8.59. The molecule has 0 aromatic heterocycles. The number of hydrogen-bond donors (Lipinski definition) is 2. The largest absolute Gasteiger partial charge is 0.330 e. The molecule has 1 amide bonds. The van der Waals surface area contributed by atoms with Crippen molar-refractivity contribution < 1.29 is 9.72 Å². The van der Waals surface area contributed by atoms with Crippen molar-refractivity contribution in [2.24, 2.45) is 11.7 Å². The van der Waals surface area contributed by atoms with Gasteiger partial charge in [-0.2, -0.15) is 0 Å². The normalized spacial score (nSPS) is 12.0. The summed E-state index contributed by atoms with van der Waals surface area (Å²) in [5.41, 5.74) is 5.68. The molecule has 116 valence electrons. The van der Waals surface area contributed by atoms with E-state index < -0.39 is 4.92 Å². The number of benzene rings is 1. The number of nitrogens with one attached hydrogen (secondary N) is 1. The predicted octanol–water partition coefficient (Wildman–Crippen LogP) is 3.34. The summed E-state index contributed by atoms with van der Waals surface area (Å²) in [5, 5.41) is 13.6. The summed E-state index contributed by atoms with van der Waals surface area (Å²) in [6.45, 7) is 2.67. The molecule has 0 aliphatic heterocycles. The third kappa shape index (κ3) is 5.69. The van der Waals surface area contributed by atoms with E-state index in [0.717, 1.165) is 19.3 Å². The topological polar surface area (TPSA) is 98.3 Å². The summed E-state index contributed by atoms with van der Waals surface area (Å²) in [5.74, 6) is 0.217. The number of nitrogens with two attached hydrogens (primary N) is 1. The zero-order chi connectivity index (χ0) is 15.8. The SMILES string of the molecule is CCC(CCN)CCC(=O)Nc1cc([N+](=O)[O-])ccc1Cl. The van der Waals surface area contributed by atoms with Crippen molar-refractivity contribution >= 4 is 28.9 Å². The van der Waals surface area contributed by atoms with Crippen molar-refractivity contribution in [1.29, 1.82) is 0 Å². The number of carbonyl (C=O) groups is 1. The van der Waals surface area contributed by atoms with E-state index in [1.807, 2.05) is 0 Å². The molecule has 1 unspecified atom stereocenters. The maximum Gasteiger partial charge on any atom is 0.271 e. The van der Waals surface area contributed by atoms with Gasteiger partial charge in [0.2, 0.25) is 5.91 Å². The van der Waals surface area contributed by atoms with Crippen LogP contribution in [0.4, 0.5) is 11.4 Å². The van der Waals surface area contributed by atoms with Crippen LogP contribution in [0.25, 0.3) is 0 Å². The molecule has 0 saturated carbocycles. The Bertz CT molecular complexity index is 508. The zero-order valence-corrected chi connectivity index (χ0v) is 12.7. The van der Waals surface area contributed by atoms with Gasteiger partial charge in [0.25, 0.3) is 5.69 Å². The third-order valence-electron chi connectivity index (χ3n) is 3.37. The van der Waals surface area contributed by atoms with Crippen LogP contribution in [0.2, 0.25) is 5.02 Å². The third-order valence-corrected chi connectivity index (χ3v) is 3.70. The maximum absolute atomic E-state index is 11.9. The second-order valence-corrected chi connectivity index (χ2v) is 5.27. The molecule has 1 atom stereocenters. The van der Waals surface area contributed by atoms with Crippen molar-refractivity contribution in [3.8, 4) is 0 Å². The number of amides is 1. The number of non-ortho nitro benzene ring substituents is 1. The Morgan fingerprint density at radius 3 is 2.76 bits per heavy atom.